The smallest absolute Gasteiger partial charge is 0.255 e. The van der Waals surface area contributed by atoms with Crippen molar-refractivity contribution in [2.75, 3.05) is 10.2 Å². The lowest BCUT2D eigenvalue weighted by Crippen LogP contribution is -2.28. The van der Waals surface area contributed by atoms with E-state index in [9.17, 15) is 14.4 Å². The second kappa shape index (κ2) is 7.94. The minimum Gasteiger partial charge on any atom is -0.322 e. The number of carbonyl (C=O) groups is 3. The van der Waals surface area contributed by atoms with Crippen molar-refractivity contribution >= 4 is 29.1 Å². The Morgan fingerprint density at radius 1 is 1.00 bits per heavy atom. The van der Waals surface area contributed by atoms with Gasteiger partial charge in [0, 0.05) is 41.8 Å². The number of nitrogens with one attached hydrogen (secondary N) is 2. The van der Waals surface area contributed by atoms with Crippen LogP contribution >= 0.6 is 0 Å². The van der Waals surface area contributed by atoms with Crippen LogP contribution in [0.15, 0.2) is 48.5 Å². The number of carbonyl (C=O) groups excluding carboxylic acids is 3. The van der Waals surface area contributed by atoms with E-state index in [-0.39, 0.29) is 30.6 Å². The van der Waals surface area contributed by atoms with E-state index < -0.39 is 0 Å². The van der Waals surface area contributed by atoms with Gasteiger partial charge in [-0.25, -0.2) is 0 Å². The minimum absolute atomic E-state index is 0.210. The summed E-state index contributed by atoms with van der Waals surface area (Å²) in [6, 6.07) is 14.2. The number of hydrogen-bond acceptors (Lipinski definition) is 4. The monoisotopic (exact) mass is 402 g/mol. The van der Waals surface area contributed by atoms with Crippen LogP contribution in [0.2, 0.25) is 0 Å². The van der Waals surface area contributed by atoms with Crippen molar-refractivity contribution in [2.24, 2.45) is 0 Å². The lowest BCUT2D eigenvalue weighted by molar-refractivity contribution is -0.121. The lowest BCUT2D eigenvalue weighted by Gasteiger charge is -2.14. The maximum Gasteiger partial charge on any atom is 0.255 e. The molecule has 0 spiro atoms. The summed E-state index contributed by atoms with van der Waals surface area (Å²) in [4.78, 5) is 37.4. The van der Waals surface area contributed by atoms with Crippen molar-refractivity contribution in [1.82, 2.24) is 10.2 Å². The topological polar surface area (TPSA) is 95.2 Å². The molecule has 0 aliphatic carbocycles. The second-order valence-corrected chi connectivity index (χ2v) is 7.41. The molecule has 2 N–H and O–H groups in total. The zero-order valence-corrected chi connectivity index (χ0v) is 16.9. The average molecular weight is 402 g/mol. The Labute approximate surface area is 174 Å². The van der Waals surface area contributed by atoms with Gasteiger partial charge in [-0.2, -0.15) is 5.10 Å². The number of H-pyrrole nitrogens is 1. The molecular formula is C23H22N4O3. The third kappa shape index (κ3) is 3.87. The Kier molecular flexibility index (Phi) is 5.18. The number of aryl methyl sites for hydroxylation is 2. The molecule has 0 unspecified atom stereocenters. The van der Waals surface area contributed by atoms with E-state index in [0.29, 0.717) is 16.9 Å². The predicted molar refractivity (Wildman–Crippen MR) is 113 cm³/mol. The van der Waals surface area contributed by atoms with Crippen LogP contribution in [0.1, 0.15) is 45.7 Å². The molecule has 0 saturated carbocycles. The molecule has 7 nitrogen and oxygen atoms in total. The van der Waals surface area contributed by atoms with Crippen molar-refractivity contribution < 1.29 is 14.4 Å². The molecule has 30 heavy (non-hydrogen) atoms. The molecule has 0 radical (unpaired) electrons. The highest BCUT2D eigenvalue weighted by Gasteiger charge is 2.30. The Morgan fingerprint density at radius 2 is 1.63 bits per heavy atom. The summed E-state index contributed by atoms with van der Waals surface area (Å²) in [5.41, 5.74) is 6.00. The van der Waals surface area contributed by atoms with E-state index in [1.165, 1.54) is 10.5 Å². The first-order valence-corrected chi connectivity index (χ1v) is 9.79. The van der Waals surface area contributed by atoms with Crippen molar-refractivity contribution in [1.29, 1.82) is 0 Å². The first-order valence-electron chi connectivity index (χ1n) is 9.79. The molecule has 1 aliphatic rings. The van der Waals surface area contributed by atoms with Crippen LogP contribution in [0, 0.1) is 13.8 Å². The first kappa shape index (κ1) is 19.6. The molecule has 1 aliphatic heterocycles. The quantitative estimate of drug-likeness (QED) is 0.639. The van der Waals surface area contributed by atoms with Crippen molar-refractivity contribution in [2.45, 2.75) is 33.1 Å². The molecule has 1 fully saturated rings. The number of hydrogen-bond donors (Lipinski definition) is 2. The number of aromatic amines is 1. The van der Waals surface area contributed by atoms with Gasteiger partial charge in [-0.15, -0.1) is 0 Å². The van der Waals surface area contributed by atoms with Gasteiger partial charge in [0.1, 0.15) is 0 Å². The average Bonchev–Trinajstić information content (AvgIpc) is 3.25. The van der Waals surface area contributed by atoms with Crippen LogP contribution in [0.3, 0.4) is 0 Å². The minimum atomic E-state index is -0.255. The number of nitrogens with zero attached hydrogens (tertiary/aromatic N) is 2. The van der Waals surface area contributed by atoms with E-state index in [4.69, 9.17) is 0 Å². The van der Waals surface area contributed by atoms with Crippen LogP contribution in [-0.4, -0.2) is 27.9 Å². The third-order valence-corrected chi connectivity index (χ3v) is 5.31. The van der Waals surface area contributed by atoms with Gasteiger partial charge in [0.2, 0.25) is 11.8 Å². The normalized spacial score (nSPS) is 13.7. The molecule has 1 saturated heterocycles. The van der Waals surface area contributed by atoms with Gasteiger partial charge in [0.15, 0.2) is 0 Å². The highest BCUT2D eigenvalue weighted by atomic mass is 16.2. The van der Waals surface area contributed by atoms with E-state index >= 15 is 0 Å². The van der Waals surface area contributed by atoms with Crippen LogP contribution in [-0.2, 0) is 16.0 Å². The summed E-state index contributed by atoms with van der Waals surface area (Å²) in [6.07, 6.45) is 1.24. The summed E-state index contributed by atoms with van der Waals surface area (Å²) in [5.74, 6) is -0.675. The molecule has 152 valence electrons. The van der Waals surface area contributed by atoms with Gasteiger partial charge >= 0.3 is 0 Å². The Bertz CT molecular complexity index is 1080. The number of imide groups is 1. The van der Waals surface area contributed by atoms with Gasteiger partial charge in [-0.05, 0) is 55.8 Å². The van der Waals surface area contributed by atoms with Crippen molar-refractivity contribution in [3.8, 4) is 0 Å². The van der Waals surface area contributed by atoms with E-state index in [1.54, 1.807) is 24.3 Å². The maximum atomic E-state index is 12.5. The zero-order chi connectivity index (χ0) is 21.3. The Hall–Kier alpha value is -3.74. The standard InChI is InChI=1S/C23H22N4O3/c1-14-20(15(2)26-25-14)13-16-3-7-18(8-4-16)24-23(30)17-5-9-19(10-6-17)27-21(28)11-12-22(27)29/h3-10H,11-13H2,1-2H3,(H,24,30)(H,25,26). The SMILES string of the molecule is Cc1n[nH]c(C)c1Cc1ccc(NC(=O)c2ccc(N3C(=O)CCC3=O)cc2)cc1. The Morgan fingerprint density at radius 3 is 2.20 bits per heavy atom. The number of aromatic nitrogens is 2. The fraction of sp³-hybridized carbons (Fsp3) is 0.217. The third-order valence-electron chi connectivity index (χ3n) is 5.31. The molecule has 0 atom stereocenters. The van der Waals surface area contributed by atoms with E-state index in [1.807, 2.05) is 38.1 Å². The van der Waals surface area contributed by atoms with Gasteiger partial charge in [-0.1, -0.05) is 12.1 Å². The fourth-order valence-electron chi connectivity index (χ4n) is 3.57. The summed E-state index contributed by atoms with van der Waals surface area (Å²) < 4.78 is 0. The Balaban J connectivity index is 1.41. The first-order chi connectivity index (χ1) is 14.4. The molecular weight excluding hydrogens is 380 g/mol. The van der Waals surface area contributed by atoms with Crippen LogP contribution in [0.25, 0.3) is 0 Å². The summed E-state index contributed by atoms with van der Waals surface area (Å²) >= 11 is 0. The van der Waals surface area contributed by atoms with Crippen LogP contribution in [0.5, 0.6) is 0 Å². The lowest BCUT2D eigenvalue weighted by atomic mass is 10.0. The number of rotatable bonds is 5. The second-order valence-electron chi connectivity index (χ2n) is 7.41. The molecule has 3 aromatic rings. The van der Waals surface area contributed by atoms with E-state index in [2.05, 4.69) is 15.5 Å². The molecule has 2 heterocycles. The summed E-state index contributed by atoms with van der Waals surface area (Å²) in [6.45, 7) is 3.99. The molecule has 7 heteroatoms. The molecule has 2 aromatic carbocycles. The molecule has 1 aromatic heterocycles. The summed E-state index contributed by atoms with van der Waals surface area (Å²) in [5, 5.41) is 10.1. The number of anilines is 2. The predicted octanol–water partition coefficient (Wildman–Crippen LogP) is 3.52. The van der Waals surface area contributed by atoms with Gasteiger partial charge in [-0.3, -0.25) is 24.4 Å². The zero-order valence-electron chi connectivity index (χ0n) is 16.9. The van der Waals surface area contributed by atoms with Crippen LogP contribution < -0.4 is 10.2 Å². The maximum absolute atomic E-state index is 12.5. The van der Waals surface area contributed by atoms with E-state index in [0.717, 1.165) is 23.4 Å². The molecule has 0 bridgehead atoms. The molecule has 4 rings (SSSR count). The highest BCUT2D eigenvalue weighted by Crippen LogP contribution is 2.23. The largest absolute Gasteiger partial charge is 0.322 e. The van der Waals surface area contributed by atoms with Gasteiger partial charge < -0.3 is 5.32 Å². The fourth-order valence-corrected chi connectivity index (χ4v) is 3.57. The van der Waals surface area contributed by atoms with Crippen molar-refractivity contribution in [3.05, 3.63) is 76.6 Å². The van der Waals surface area contributed by atoms with Crippen molar-refractivity contribution in [3.63, 3.8) is 0 Å². The number of amides is 3. The highest BCUT2D eigenvalue weighted by molar-refractivity contribution is 6.20. The summed E-state index contributed by atoms with van der Waals surface area (Å²) in [7, 11) is 0. The van der Waals surface area contributed by atoms with Gasteiger partial charge in [0.05, 0.1) is 11.4 Å². The molecule has 3 amide bonds. The van der Waals surface area contributed by atoms with Gasteiger partial charge in [0.25, 0.3) is 5.91 Å². The van der Waals surface area contributed by atoms with Crippen LogP contribution in [0.4, 0.5) is 11.4 Å². The number of benzene rings is 2.